The Balaban J connectivity index is 1.45. The summed E-state index contributed by atoms with van der Waals surface area (Å²) in [6, 6.07) is 19.4. The fourth-order valence-corrected chi connectivity index (χ4v) is 5.14. The number of aromatic nitrogens is 1. The van der Waals surface area contributed by atoms with E-state index in [0.717, 1.165) is 11.6 Å². The number of amides is 1. The number of thiocarbonyl (C=S) groups is 1. The van der Waals surface area contributed by atoms with Gasteiger partial charge in [0.2, 0.25) is 5.91 Å². The van der Waals surface area contributed by atoms with Gasteiger partial charge in [0, 0.05) is 30.4 Å². The number of hydrogen-bond donors (Lipinski definition) is 4. The summed E-state index contributed by atoms with van der Waals surface area (Å²) in [4.78, 5) is 42.4. The molecule has 0 saturated carbocycles. The van der Waals surface area contributed by atoms with Crippen molar-refractivity contribution >= 4 is 40.9 Å². The Hall–Kier alpha value is -5.03. The number of anilines is 1. The van der Waals surface area contributed by atoms with Crippen LogP contribution in [0.25, 0.3) is 11.3 Å². The van der Waals surface area contributed by atoms with E-state index in [0.29, 0.717) is 33.6 Å². The molecule has 41 heavy (non-hydrogen) atoms. The molecule has 0 radical (unpaired) electrons. The lowest BCUT2D eigenvalue weighted by Gasteiger charge is -2.25. The highest BCUT2D eigenvalue weighted by atomic mass is 32.1. The minimum atomic E-state index is -1.25. The summed E-state index contributed by atoms with van der Waals surface area (Å²) >= 11 is 5.67. The van der Waals surface area contributed by atoms with Crippen LogP contribution < -0.4 is 10.6 Å². The van der Waals surface area contributed by atoms with E-state index in [9.17, 15) is 24.6 Å². The molecule has 11 heteroatoms. The molecule has 2 atom stereocenters. The van der Waals surface area contributed by atoms with Crippen molar-refractivity contribution in [1.82, 2.24) is 15.2 Å². The molecule has 1 fully saturated rings. The molecule has 2 aromatic heterocycles. The zero-order valence-electron chi connectivity index (χ0n) is 21.9. The number of carboxylic acid groups (broad SMARTS) is 2. The Morgan fingerprint density at radius 1 is 1.00 bits per heavy atom. The van der Waals surface area contributed by atoms with Crippen molar-refractivity contribution in [3.05, 3.63) is 107 Å². The maximum Gasteiger partial charge on any atom is 0.335 e. The number of nitrogens with zero attached hydrogens (tertiary/aromatic N) is 2. The summed E-state index contributed by atoms with van der Waals surface area (Å²) in [5, 5.41) is 25.6. The van der Waals surface area contributed by atoms with Crippen molar-refractivity contribution in [2.75, 3.05) is 11.9 Å². The summed E-state index contributed by atoms with van der Waals surface area (Å²) < 4.78 is 6.21. The predicted molar refractivity (Wildman–Crippen MR) is 155 cm³/mol. The average Bonchev–Trinajstić information content (AvgIpc) is 3.56. The number of benzene rings is 2. The van der Waals surface area contributed by atoms with Gasteiger partial charge in [-0.25, -0.2) is 9.59 Å². The second-order valence-electron chi connectivity index (χ2n) is 9.60. The van der Waals surface area contributed by atoms with Crippen LogP contribution in [0.5, 0.6) is 0 Å². The summed E-state index contributed by atoms with van der Waals surface area (Å²) in [6.45, 7) is 2.23. The van der Waals surface area contributed by atoms with Gasteiger partial charge in [-0.1, -0.05) is 18.2 Å². The number of aromatic carboxylic acids is 2. The quantitative estimate of drug-likeness (QED) is 0.202. The second-order valence-corrected chi connectivity index (χ2v) is 9.99. The monoisotopic (exact) mass is 570 g/mol. The first-order valence-electron chi connectivity index (χ1n) is 12.8. The van der Waals surface area contributed by atoms with Crippen LogP contribution in [-0.2, 0) is 4.79 Å². The number of furan rings is 1. The van der Waals surface area contributed by atoms with Crippen molar-refractivity contribution < 1.29 is 29.0 Å². The lowest BCUT2D eigenvalue weighted by atomic mass is 10.0. The number of carbonyl (C=O) groups excluding carboxylic acids is 1. The Bertz CT molecular complexity index is 1600. The molecule has 0 aliphatic carbocycles. The fourth-order valence-electron chi connectivity index (χ4n) is 4.81. The smallest absolute Gasteiger partial charge is 0.335 e. The number of pyridine rings is 1. The molecule has 4 aromatic rings. The molecule has 5 rings (SSSR count). The molecule has 1 saturated heterocycles. The van der Waals surface area contributed by atoms with E-state index >= 15 is 0 Å². The third-order valence-corrected chi connectivity index (χ3v) is 7.06. The molecule has 3 heterocycles. The predicted octanol–water partition coefficient (Wildman–Crippen LogP) is 5.05. The molecule has 2 aromatic carbocycles. The van der Waals surface area contributed by atoms with Crippen LogP contribution in [0.4, 0.5) is 5.69 Å². The van der Waals surface area contributed by atoms with Gasteiger partial charge >= 0.3 is 11.9 Å². The van der Waals surface area contributed by atoms with E-state index in [4.69, 9.17) is 16.6 Å². The van der Waals surface area contributed by atoms with Gasteiger partial charge in [0.25, 0.3) is 0 Å². The number of rotatable bonds is 9. The van der Waals surface area contributed by atoms with Crippen LogP contribution in [0.15, 0.2) is 83.4 Å². The fraction of sp³-hybridized carbons (Fsp3) is 0.167. The van der Waals surface area contributed by atoms with E-state index in [1.807, 2.05) is 48.2 Å². The first kappa shape index (κ1) is 27.5. The van der Waals surface area contributed by atoms with Crippen LogP contribution >= 0.6 is 12.2 Å². The lowest BCUT2D eigenvalue weighted by molar-refractivity contribution is -0.116. The molecule has 0 spiro atoms. The SMILES string of the molecule is Cc1cccc(NC(=O)CCN2C(=S)N[C@@H](c3ccccn3)[C@@H]2c2ccc(-c3cc(C(=O)O)cc(C(=O)O)c3)o2)c1. The third-order valence-electron chi connectivity index (χ3n) is 6.71. The van der Waals surface area contributed by atoms with Crippen molar-refractivity contribution in [1.29, 1.82) is 0 Å². The third kappa shape index (κ3) is 6.10. The summed E-state index contributed by atoms with van der Waals surface area (Å²) in [5.74, 6) is -1.90. The summed E-state index contributed by atoms with van der Waals surface area (Å²) in [7, 11) is 0. The lowest BCUT2D eigenvalue weighted by Crippen LogP contribution is -2.32. The number of nitrogens with one attached hydrogen (secondary N) is 2. The van der Waals surface area contributed by atoms with E-state index in [-0.39, 0.29) is 30.0 Å². The van der Waals surface area contributed by atoms with Gasteiger partial charge in [-0.15, -0.1) is 0 Å². The molecule has 1 aliphatic rings. The maximum absolute atomic E-state index is 12.8. The first-order chi connectivity index (χ1) is 19.7. The Morgan fingerprint density at radius 3 is 2.41 bits per heavy atom. The van der Waals surface area contributed by atoms with Crippen LogP contribution in [0.1, 0.15) is 56.2 Å². The van der Waals surface area contributed by atoms with Crippen molar-refractivity contribution in [2.24, 2.45) is 0 Å². The van der Waals surface area contributed by atoms with Crippen LogP contribution in [-0.4, -0.2) is 49.6 Å². The maximum atomic E-state index is 12.8. The van der Waals surface area contributed by atoms with Crippen LogP contribution in [0.3, 0.4) is 0 Å². The largest absolute Gasteiger partial charge is 0.478 e. The summed E-state index contributed by atoms with van der Waals surface area (Å²) in [6.07, 6.45) is 1.82. The van der Waals surface area contributed by atoms with Crippen molar-refractivity contribution in [3.8, 4) is 11.3 Å². The molecule has 1 aliphatic heterocycles. The molecule has 0 unspecified atom stereocenters. The van der Waals surface area contributed by atoms with Gasteiger partial charge in [0.15, 0.2) is 5.11 Å². The van der Waals surface area contributed by atoms with E-state index in [1.54, 1.807) is 24.4 Å². The molecule has 1 amide bonds. The Morgan fingerprint density at radius 2 is 1.76 bits per heavy atom. The van der Waals surface area contributed by atoms with E-state index < -0.39 is 24.0 Å². The molecular weight excluding hydrogens is 544 g/mol. The van der Waals surface area contributed by atoms with Gasteiger partial charge < -0.3 is 30.2 Å². The van der Waals surface area contributed by atoms with Crippen molar-refractivity contribution in [3.63, 3.8) is 0 Å². The number of aryl methyl sites for hydroxylation is 1. The number of hydrogen-bond acceptors (Lipinski definition) is 6. The highest BCUT2D eigenvalue weighted by molar-refractivity contribution is 7.80. The topological polar surface area (TPSA) is 145 Å². The highest BCUT2D eigenvalue weighted by Crippen LogP contribution is 2.40. The number of carbonyl (C=O) groups is 3. The van der Waals surface area contributed by atoms with Gasteiger partial charge in [0.05, 0.1) is 22.9 Å². The molecular formula is C30H26N4O6S. The van der Waals surface area contributed by atoms with E-state index in [1.165, 1.54) is 12.1 Å². The standard InChI is InChI=1S/C30H26N4O6S/c1-17-5-4-6-21(13-17)32-25(35)10-12-34-27(26(33-30(34)41)22-7-2-3-11-31-22)24-9-8-23(40-24)18-14-19(28(36)37)16-20(15-18)29(38)39/h2-9,11,13-16,26-27H,10,12H2,1H3,(H,32,35)(H,33,41)(H,36,37)(H,38,39)/t26-,27-/m0/s1. The highest BCUT2D eigenvalue weighted by Gasteiger charge is 2.41. The molecule has 208 valence electrons. The average molecular weight is 571 g/mol. The van der Waals surface area contributed by atoms with Gasteiger partial charge in [-0.2, -0.15) is 0 Å². The zero-order chi connectivity index (χ0) is 29.1. The zero-order valence-corrected chi connectivity index (χ0v) is 22.7. The molecule has 4 N–H and O–H groups in total. The van der Waals surface area contributed by atoms with Crippen LogP contribution in [0.2, 0.25) is 0 Å². The normalized spacial score (nSPS) is 16.3. The second kappa shape index (κ2) is 11.6. The van der Waals surface area contributed by atoms with Gasteiger partial charge in [0.1, 0.15) is 17.6 Å². The number of carboxylic acids is 2. The van der Waals surface area contributed by atoms with Crippen molar-refractivity contribution in [2.45, 2.75) is 25.4 Å². The molecule has 10 nitrogen and oxygen atoms in total. The minimum Gasteiger partial charge on any atom is -0.478 e. The Labute approximate surface area is 240 Å². The summed E-state index contributed by atoms with van der Waals surface area (Å²) in [5.41, 5.74) is 2.42. The van der Waals surface area contributed by atoms with Gasteiger partial charge in [-0.3, -0.25) is 9.78 Å². The van der Waals surface area contributed by atoms with Gasteiger partial charge in [-0.05, 0) is 79.3 Å². The van der Waals surface area contributed by atoms with Crippen LogP contribution in [0, 0.1) is 6.92 Å². The van der Waals surface area contributed by atoms with E-state index in [2.05, 4.69) is 15.6 Å². The first-order valence-corrected chi connectivity index (χ1v) is 13.2. The minimum absolute atomic E-state index is 0.150. The Kier molecular flexibility index (Phi) is 7.79. The molecule has 0 bridgehead atoms.